The van der Waals surface area contributed by atoms with Gasteiger partial charge in [0.1, 0.15) is 0 Å². The van der Waals surface area contributed by atoms with Crippen molar-refractivity contribution in [2.75, 3.05) is 20.2 Å². The van der Waals surface area contributed by atoms with Crippen LogP contribution in [0.1, 0.15) is 32.3 Å². The van der Waals surface area contributed by atoms with E-state index in [4.69, 9.17) is 4.74 Å². The normalized spacial score (nSPS) is 24.1. The Bertz CT molecular complexity index is 363. The van der Waals surface area contributed by atoms with Crippen molar-refractivity contribution in [1.82, 2.24) is 4.90 Å². The van der Waals surface area contributed by atoms with Crippen molar-refractivity contribution in [3.05, 3.63) is 35.9 Å². The SMILES string of the molecule is CC(C)[C@@H]1C[C@@H](CN(C)Cc2ccccc2)CCO1. The van der Waals surface area contributed by atoms with Crippen LogP contribution in [0.25, 0.3) is 0 Å². The highest BCUT2D eigenvalue weighted by atomic mass is 16.5. The molecule has 2 rings (SSSR count). The predicted octanol–water partition coefficient (Wildman–Crippen LogP) is 3.57. The summed E-state index contributed by atoms with van der Waals surface area (Å²) in [5, 5.41) is 0. The van der Waals surface area contributed by atoms with Crippen molar-refractivity contribution in [1.29, 1.82) is 0 Å². The molecular weight excluding hydrogens is 234 g/mol. The summed E-state index contributed by atoms with van der Waals surface area (Å²) in [5.41, 5.74) is 1.40. The molecule has 1 aliphatic heterocycles. The first kappa shape index (κ1) is 14.5. The molecule has 19 heavy (non-hydrogen) atoms. The highest BCUT2D eigenvalue weighted by molar-refractivity contribution is 5.14. The van der Waals surface area contributed by atoms with Gasteiger partial charge in [0.05, 0.1) is 6.10 Å². The molecular formula is C17H27NO. The lowest BCUT2D eigenvalue weighted by Gasteiger charge is -2.34. The highest BCUT2D eigenvalue weighted by Crippen LogP contribution is 2.25. The minimum absolute atomic E-state index is 0.462. The maximum Gasteiger partial charge on any atom is 0.0601 e. The van der Waals surface area contributed by atoms with Crippen molar-refractivity contribution in [2.45, 2.75) is 39.3 Å². The second kappa shape index (κ2) is 7.06. The van der Waals surface area contributed by atoms with Crippen molar-refractivity contribution in [3.63, 3.8) is 0 Å². The van der Waals surface area contributed by atoms with Gasteiger partial charge in [0.15, 0.2) is 0 Å². The van der Waals surface area contributed by atoms with Gasteiger partial charge in [0.2, 0.25) is 0 Å². The molecule has 0 unspecified atom stereocenters. The standard InChI is InChI=1S/C17H27NO/c1-14(2)17-11-16(9-10-19-17)13-18(3)12-15-7-5-4-6-8-15/h4-8,14,16-17H,9-13H2,1-3H3/t16-,17-/m0/s1. The van der Waals surface area contributed by atoms with Crippen molar-refractivity contribution < 1.29 is 4.74 Å². The molecule has 0 aliphatic carbocycles. The Morgan fingerprint density at radius 1 is 1.26 bits per heavy atom. The minimum atomic E-state index is 0.462. The molecule has 0 aromatic heterocycles. The smallest absolute Gasteiger partial charge is 0.0601 e. The fourth-order valence-electron chi connectivity index (χ4n) is 2.93. The van der Waals surface area contributed by atoms with Gasteiger partial charge in [-0.15, -0.1) is 0 Å². The number of hydrogen-bond acceptors (Lipinski definition) is 2. The Morgan fingerprint density at radius 2 is 2.00 bits per heavy atom. The summed E-state index contributed by atoms with van der Waals surface area (Å²) in [6.07, 6.45) is 2.89. The molecule has 2 atom stereocenters. The van der Waals surface area contributed by atoms with Gasteiger partial charge in [0.25, 0.3) is 0 Å². The zero-order chi connectivity index (χ0) is 13.7. The molecule has 0 spiro atoms. The number of hydrogen-bond donors (Lipinski definition) is 0. The first-order valence-corrected chi connectivity index (χ1v) is 7.49. The molecule has 106 valence electrons. The lowest BCUT2D eigenvalue weighted by Crippen LogP contribution is -2.35. The summed E-state index contributed by atoms with van der Waals surface area (Å²) in [7, 11) is 2.23. The molecule has 0 radical (unpaired) electrons. The zero-order valence-electron chi connectivity index (χ0n) is 12.5. The minimum Gasteiger partial charge on any atom is -0.378 e. The monoisotopic (exact) mass is 261 g/mol. The Hall–Kier alpha value is -0.860. The summed E-state index contributed by atoms with van der Waals surface area (Å²) in [6.45, 7) is 7.69. The third-order valence-corrected chi connectivity index (χ3v) is 4.03. The first-order chi connectivity index (χ1) is 9.15. The van der Waals surface area contributed by atoms with Gasteiger partial charge in [0, 0.05) is 19.7 Å². The third-order valence-electron chi connectivity index (χ3n) is 4.03. The van der Waals surface area contributed by atoms with E-state index in [1.165, 1.54) is 24.9 Å². The number of ether oxygens (including phenoxy) is 1. The largest absolute Gasteiger partial charge is 0.378 e. The molecule has 0 bridgehead atoms. The third kappa shape index (κ3) is 4.63. The van der Waals surface area contributed by atoms with Crippen LogP contribution in [-0.4, -0.2) is 31.2 Å². The van der Waals surface area contributed by atoms with Crippen LogP contribution < -0.4 is 0 Å². The second-order valence-corrected chi connectivity index (χ2v) is 6.23. The van der Waals surface area contributed by atoms with Crippen LogP contribution >= 0.6 is 0 Å². The van der Waals surface area contributed by atoms with Gasteiger partial charge in [-0.25, -0.2) is 0 Å². The molecule has 2 nitrogen and oxygen atoms in total. The van der Waals surface area contributed by atoms with Gasteiger partial charge in [-0.05, 0) is 37.3 Å². The van der Waals surface area contributed by atoms with E-state index in [1.54, 1.807) is 0 Å². The van der Waals surface area contributed by atoms with E-state index in [2.05, 4.69) is 56.1 Å². The molecule has 0 N–H and O–H groups in total. The van der Waals surface area contributed by atoms with Crippen molar-refractivity contribution in [3.8, 4) is 0 Å². The molecule has 1 fully saturated rings. The molecule has 1 aromatic rings. The lowest BCUT2D eigenvalue weighted by molar-refractivity contribution is -0.0389. The molecule has 1 saturated heterocycles. The number of rotatable bonds is 5. The summed E-state index contributed by atoms with van der Waals surface area (Å²) in [6, 6.07) is 10.7. The quantitative estimate of drug-likeness (QED) is 0.803. The van der Waals surface area contributed by atoms with Crippen LogP contribution in [-0.2, 0) is 11.3 Å². The van der Waals surface area contributed by atoms with E-state index < -0.39 is 0 Å². The number of nitrogens with zero attached hydrogens (tertiary/aromatic N) is 1. The Morgan fingerprint density at radius 3 is 2.68 bits per heavy atom. The second-order valence-electron chi connectivity index (χ2n) is 6.23. The van der Waals surface area contributed by atoms with Crippen LogP contribution in [0.15, 0.2) is 30.3 Å². The van der Waals surface area contributed by atoms with Gasteiger partial charge < -0.3 is 9.64 Å². The molecule has 2 heteroatoms. The Kier molecular flexibility index (Phi) is 5.41. The summed E-state index contributed by atoms with van der Waals surface area (Å²) in [5.74, 6) is 1.43. The van der Waals surface area contributed by atoms with Crippen LogP contribution in [0.2, 0.25) is 0 Å². The van der Waals surface area contributed by atoms with E-state index in [9.17, 15) is 0 Å². The predicted molar refractivity (Wildman–Crippen MR) is 80.1 cm³/mol. The van der Waals surface area contributed by atoms with E-state index in [0.717, 1.165) is 19.1 Å². The summed E-state index contributed by atoms with van der Waals surface area (Å²) < 4.78 is 5.85. The lowest BCUT2D eigenvalue weighted by atomic mass is 9.90. The van der Waals surface area contributed by atoms with Crippen molar-refractivity contribution in [2.24, 2.45) is 11.8 Å². The average molecular weight is 261 g/mol. The topological polar surface area (TPSA) is 12.5 Å². The van der Waals surface area contributed by atoms with Gasteiger partial charge in [-0.3, -0.25) is 0 Å². The van der Waals surface area contributed by atoms with Crippen LogP contribution in [0.4, 0.5) is 0 Å². The molecule has 1 aromatic carbocycles. The number of benzene rings is 1. The Balaban J connectivity index is 1.80. The summed E-state index contributed by atoms with van der Waals surface area (Å²) in [4.78, 5) is 2.45. The van der Waals surface area contributed by atoms with Gasteiger partial charge >= 0.3 is 0 Å². The van der Waals surface area contributed by atoms with E-state index in [1.807, 2.05) is 0 Å². The molecule has 0 amide bonds. The van der Waals surface area contributed by atoms with Gasteiger partial charge in [-0.1, -0.05) is 44.2 Å². The molecule has 1 heterocycles. The summed E-state index contributed by atoms with van der Waals surface area (Å²) >= 11 is 0. The Labute approximate surface area is 117 Å². The zero-order valence-corrected chi connectivity index (χ0v) is 12.5. The van der Waals surface area contributed by atoms with Crippen LogP contribution in [0.3, 0.4) is 0 Å². The van der Waals surface area contributed by atoms with E-state index in [-0.39, 0.29) is 0 Å². The molecule has 0 saturated carbocycles. The van der Waals surface area contributed by atoms with E-state index in [0.29, 0.717) is 12.0 Å². The van der Waals surface area contributed by atoms with E-state index >= 15 is 0 Å². The average Bonchev–Trinajstić information content (AvgIpc) is 2.40. The van der Waals surface area contributed by atoms with Gasteiger partial charge in [-0.2, -0.15) is 0 Å². The fraction of sp³-hybridized carbons (Fsp3) is 0.647. The first-order valence-electron chi connectivity index (χ1n) is 7.49. The maximum absolute atomic E-state index is 5.85. The van der Waals surface area contributed by atoms with Crippen molar-refractivity contribution >= 4 is 0 Å². The maximum atomic E-state index is 5.85. The fourth-order valence-corrected chi connectivity index (χ4v) is 2.93. The highest BCUT2D eigenvalue weighted by Gasteiger charge is 2.25. The molecule has 1 aliphatic rings. The van der Waals surface area contributed by atoms with Crippen LogP contribution in [0.5, 0.6) is 0 Å². The van der Waals surface area contributed by atoms with Crippen LogP contribution in [0, 0.1) is 11.8 Å².